The van der Waals surface area contributed by atoms with Crippen molar-refractivity contribution in [3.8, 4) is 11.4 Å². The lowest BCUT2D eigenvalue weighted by molar-refractivity contribution is 0.298. The smallest absolute Gasteiger partial charge is 0.263 e. The van der Waals surface area contributed by atoms with E-state index in [1.807, 2.05) is 156 Å². The fraction of sp³-hybridized carbons (Fsp3) is 0.227. The molecule has 6 aromatic carbocycles. The molecule has 0 aliphatic heterocycles. The zero-order valence-electron chi connectivity index (χ0n) is 66.8. The first-order valence-electron chi connectivity index (χ1n) is 38.9. The normalized spacial score (nSPS) is 13.1. The Kier molecular flexibility index (Phi) is 22.8. The summed E-state index contributed by atoms with van der Waals surface area (Å²) in [6.07, 6.45) is 16.2. The van der Waals surface area contributed by atoms with Gasteiger partial charge in [0.1, 0.15) is 59.0 Å². The van der Waals surface area contributed by atoms with E-state index in [4.69, 9.17) is 0 Å². The van der Waals surface area contributed by atoms with E-state index in [-0.39, 0.29) is 83.6 Å². The quantitative estimate of drug-likeness (QED) is 0.0420. The third kappa shape index (κ3) is 15.7. The standard InChI is InChI=1S/C24H21FN6O.C23H19FN6O.C21H22N6O.C20H22N6O.H2S/c1-3-18(30-23-21-22(27-12-26-21)28-13-29-23)19-11-15-6-4-5-14(2)20(15)24(32)31(19)17-9-7-16(25)8-10-17;1-13-4-3-5-15-10-18(14(2)29-22-20-21(26-11-25-20)27-12-28-22)30(23(31)19(13)15)17-8-6-16(24)7-9-17;1-12-5-3-6-14-9-16(27(15-7-4-8-15)21(28)17(12)14)13(2)26-20-18-19(23-10-22-18)24-11-25-20;1-11(2)26-15(8-14-7-5-6-12(3)16(14)20(26)27)13(4)25-19-17-18(22-9-21-17)23-10-24-19;/h4-13,18H,3H2,1-2H3,(H2,26,27,28,29,30);3-12,14H,1-2H3,(H2,25,26,27,28,29);3,5-6,9-11,13,15H,4,7-8H2,1-2H3,(H2,22,23,24,25,26);5-11,13H,1-4H3,(H2,21,22,23,24,25);1H2/t;;;13-;/m...0./s1. The number of benzene rings is 6. The number of aromatic nitrogens is 20. The summed E-state index contributed by atoms with van der Waals surface area (Å²) in [5.74, 6) is 1.82. The highest BCUT2D eigenvalue weighted by molar-refractivity contribution is 7.59. The average molecular weight is 1610 g/mol. The van der Waals surface area contributed by atoms with Gasteiger partial charge in [-0.25, -0.2) is 68.6 Å². The molecule has 31 heteroatoms. The van der Waals surface area contributed by atoms with E-state index in [2.05, 4.69) is 120 Å². The fourth-order valence-electron chi connectivity index (χ4n) is 15.6. The highest BCUT2D eigenvalue weighted by Crippen LogP contribution is 2.37. The van der Waals surface area contributed by atoms with Gasteiger partial charge >= 0.3 is 0 Å². The minimum absolute atomic E-state index is 0. The van der Waals surface area contributed by atoms with E-state index in [0.717, 1.165) is 101 Å². The molecule has 0 bridgehead atoms. The average Bonchev–Trinajstić information content (AvgIpc) is 1.32. The van der Waals surface area contributed by atoms with Gasteiger partial charge < -0.3 is 50.3 Å². The summed E-state index contributed by atoms with van der Waals surface area (Å²) < 4.78 is 34.3. The zero-order valence-corrected chi connectivity index (χ0v) is 67.8. The van der Waals surface area contributed by atoms with Crippen LogP contribution in [0.25, 0.3) is 99.1 Å². The summed E-state index contributed by atoms with van der Waals surface area (Å²) in [6, 6.07) is 43.2. The van der Waals surface area contributed by atoms with Crippen molar-refractivity contribution in [1.82, 2.24) is 98.0 Å². The van der Waals surface area contributed by atoms with Crippen molar-refractivity contribution in [3.63, 3.8) is 0 Å². The molecule has 3 unspecified atom stereocenters. The summed E-state index contributed by atoms with van der Waals surface area (Å²) in [5, 5.41) is 20.2. The zero-order chi connectivity index (χ0) is 82.2. The van der Waals surface area contributed by atoms with Crippen molar-refractivity contribution in [2.75, 3.05) is 21.3 Å². The van der Waals surface area contributed by atoms with Crippen LogP contribution in [0, 0.1) is 39.3 Å². The number of aryl methyl sites for hydroxylation is 4. The first-order chi connectivity index (χ1) is 57.2. The number of anilines is 4. The van der Waals surface area contributed by atoms with Crippen LogP contribution >= 0.6 is 13.5 Å². The SMILES string of the molecule is CCC(Nc1ncnc2nc[nH]c12)c1cc2cccc(C)c2c(=O)n1-c1ccc(F)cc1.Cc1cccc2cc(C(C)Nc3ncnc4nc[nH]c34)n(-c3ccc(F)cc3)c(=O)c12.Cc1cccc2cc(C(C)Nc3ncnc4nc[nH]c34)n(C3CCC3)c(=O)c12.Cc1cccc2cc([C@H](C)Nc3ncnc4nc[nH]c34)n(C(C)C)c(=O)c12.S. The molecule has 0 saturated heterocycles. The predicted octanol–water partition coefficient (Wildman–Crippen LogP) is 16.7. The summed E-state index contributed by atoms with van der Waals surface area (Å²) in [6.45, 7) is 19.9. The Morgan fingerprint density at radius 1 is 0.395 bits per heavy atom. The Balaban J connectivity index is 0.000000124. The molecular formula is C88H86F2N24O4S. The largest absolute Gasteiger partial charge is 0.360 e. The highest BCUT2D eigenvalue weighted by Gasteiger charge is 2.29. The van der Waals surface area contributed by atoms with Gasteiger partial charge in [-0.05, 0) is 205 Å². The second-order valence-corrected chi connectivity index (χ2v) is 29.7. The maximum absolute atomic E-state index is 13.7. The van der Waals surface area contributed by atoms with Crippen LogP contribution in [-0.4, -0.2) is 98.0 Å². The van der Waals surface area contributed by atoms with Crippen molar-refractivity contribution in [2.45, 2.75) is 131 Å². The molecule has 0 radical (unpaired) electrons. The van der Waals surface area contributed by atoms with Crippen molar-refractivity contribution in [1.29, 1.82) is 0 Å². The van der Waals surface area contributed by atoms with Gasteiger partial charge in [0.2, 0.25) is 0 Å². The molecule has 12 heterocycles. The maximum Gasteiger partial charge on any atom is 0.263 e. The monoisotopic (exact) mass is 1610 g/mol. The van der Waals surface area contributed by atoms with E-state index in [9.17, 15) is 28.0 Å². The number of nitrogens with one attached hydrogen (secondary N) is 8. The van der Waals surface area contributed by atoms with Gasteiger partial charge in [-0.15, -0.1) is 0 Å². The molecule has 8 N–H and O–H groups in total. The van der Waals surface area contributed by atoms with Crippen molar-refractivity contribution in [3.05, 3.63) is 294 Å². The molecule has 1 aliphatic rings. The summed E-state index contributed by atoms with van der Waals surface area (Å²) in [4.78, 5) is 117. The van der Waals surface area contributed by atoms with Crippen molar-refractivity contribution >= 4 is 125 Å². The molecule has 4 atom stereocenters. The lowest BCUT2D eigenvalue weighted by Crippen LogP contribution is -2.33. The molecule has 602 valence electrons. The third-order valence-electron chi connectivity index (χ3n) is 21.7. The molecule has 12 aromatic heterocycles. The van der Waals surface area contributed by atoms with Gasteiger partial charge in [-0.1, -0.05) is 79.7 Å². The third-order valence-corrected chi connectivity index (χ3v) is 21.7. The maximum atomic E-state index is 13.7. The molecule has 28 nitrogen and oxygen atoms in total. The molecule has 1 fully saturated rings. The van der Waals surface area contributed by atoms with Gasteiger partial charge in [-0.3, -0.25) is 28.3 Å². The second-order valence-electron chi connectivity index (χ2n) is 29.7. The number of aromatic amines is 4. The number of hydrogen-bond acceptors (Lipinski definition) is 20. The van der Waals surface area contributed by atoms with Crippen molar-refractivity contribution < 1.29 is 8.78 Å². The number of rotatable bonds is 17. The first kappa shape index (κ1) is 80.0. The minimum Gasteiger partial charge on any atom is -0.360 e. The molecule has 119 heavy (non-hydrogen) atoms. The van der Waals surface area contributed by atoms with Crippen LogP contribution in [0.1, 0.15) is 149 Å². The number of halogens is 2. The van der Waals surface area contributed by atoms with Gasteiger partial charge in [0.05, 0.1) is 71.0 Å². The van der Waals surface area contributed by atoms with E-state index in [0.29, 0.717) is 85.5 Å². The highest BCUT2D eigenvalue weighted by atomic mass is 32.1. The first-order valence-corrected chi connectivity index (χ1v) is 38.9. The number of H-pyrrole nitrogens is 4. The minimum atomic E-state index is -0.357. The van der Waals surface area contributed by atoms with Gasteiger partial charge in [0.25, 0.3) is 22.2 Å². The summed E-state index contributed by atoms with van der Waals surface area (Å²) in [5.41, 5.74) is 13.5. The fourth-order valence-corrected chi connectivity index (χ4v) is 15.6. The number of pyridine rings is 4. The topological polar surface area (TPSA) is 354 Å². The molecule has 1 saturated carbocycles. The van der Waals surface area contributed by atoms with E-state index in [1.54, 1.807) is 58.7 Å². The number of nitrogens with zero attached hydrogens (tertiary/aromatic N) is 16. The predicted molar refractivity (Wildman–Crippen MR) is 468 cm³/mol. The molecule has 1 aliphatic carbocycles. The number of imidazole rings is 4. The van der Waals surface area contributed by atoms with Gasteiger partial charge in [0.15, 0.2) is 45.9 Å². The number of fused-ring (bicyclic) bond motifs is 8. The van der Waals surface area contributed by atoms with E-state index in [1.165, 1.54) is 56.0 Å². The Morgan fingerprint density at radius 2 is 0.723 bits per heavy atom. The Bertz CT molecular complexity index is 7070. The summed E-state index contributed by atoms with van der Waals surface area (Å²) in [7, 11) is 0. The van der Waals surface area contributed by atoms with E-state index < -0.39 is 0 Å². The van der Waals surface area contributed by atoms with Gasteiger partial charge in [-0.2, -0.15) is 13.5 Å². The second kappa shape index (κ2) is 33.9. The molecule has 0 spiro atoms. The Morgan fingerprint density at radius 3 is 1.09 bits per heavy atom. The molecule has 18 aromatic rings. The number of hydrogen-bond donors (Lipinski definition) is 8. The van der Waals surface area contributed by atoms with Crippen LogP contribution in [0.5, 0.6) is 0 Å². The molecule has 19 rings (SSSR count). The Labute approximate surface area is 685 Å². The van der Waals surface area contributed by atoms with Crippen LogP contribution in [-0.2, 0) is 0 Å². The molecular weight excluding hydrogens is 1530 g/mol. The Hall–Kier alpha value is -14.2. The van der Waals surface area contributed by atoms with Crippen LogP contribution in [0.15, 0.2) is 215 Å². The lowest BCUT2D eigenvalue weighted by Gasteiger charge is -2.32. The van der Waals surface area contributed by atoms with E-state index >= 15 is 0 Å². The van der Waals surface area contributed by atoms with Crippen LogP contribution in [0.3, 0.4) is 0 Å². The van der Waals surface area contributed by atoms with Crippen molar-refractivity contribution in [2.24, 2.45) is 0 Å². The van der Waals surface area contributed by atoms with Crippen LogP contribution in [0.2, 0.25) is 0 Å². The molecule has 0 amide bonds. The lowest BCUT2D eigenvalue weighted by atomic mass is 9.91. The van der Waals surface area contributed by atoms with Gasteiger partial charge in [0, 0.05) is 46.2 Å². The van der Waals surface area contributed by atoms with Crippen LogP contribution < -0.4 is 43.5 Å². The summed E-state index contributed by atoms with van der Waals surface area (Å²) >= 11 is 0. The van der Waals surface area contributed by atoms with Crippen LogP contribution in [0.4, 0.5) is 32.1 Å².